The standard InChI is InChI=1S/C32H22N2O2S/c1-20-11-5-6-14-22(20)29-23-15-7-10-18-27(23)36-30(21-12-3-2-4-13-21)24(29)19-28-31(35)34-26-17-9-8-16-25(26)33-32(34)37-28/h2-19,29H,1H3/b28-19+/t29-/m1/s1. The van der Waals surface area contributed by atoms with Crippen LogP contribution in [0, 0.1) is 6.92 Å². The van der Waals surface area contributed by atoms with Crippen molar-refractivity contribution in [2.45, 2.75) is 12.8 Å². The summed E-state index contributed by atoms with van der Waals surface area (Å²) in [6, 6.07) is 34.5. The molecule has 37 heavy (non-hydrogen) atoms. The summed E-state index contributed by atoms with van der Waals surface area (Å²) in [7, 11) is 0. The Bertz CT molecular complexity index is 1950. The van der Waals surface area contributed by atoms with E-state index in [0.717, 1.165) is 39.2 Å². The molecule has 178 valence electrons. The number of aromatic nitrogens is 2. The molecule has 0 unspecified atom stereocenters. The number of imidazole rings is 1. The zero-order valence-electron chi connectivity index (χ0n) is 20.1. The number of fused-ring (bicyclic) bond motifs is 4. The highest BCUT2D eigenvalue weighted by Crippen LogP contribution is 2.47. The lowest BCUT2D eigenvalue weighted by Gasteiger charge is -2.31. The van der Waals surface area contributed by atoms with E-state index in [1.54, 1.807) is 4.40 Å². The molecule has 5 heteroatoms. The van der Waals surface area contributed by atoms with Crippen LogP contribution >= 0.6 is 11.3 Å². The first-order valence-electron chi connectivity index (χ1n) is 12.2. The maximum absolute atomic E-state index is 13.7. The van der Waals surface area contributed by atoms with Crippen molar-refractivity contribution < 1.29 is 4.74 Å². The Balaban J connectivity index is 1.56. The molecule has 0 amide bonds. The Morgan fingerprint density at radius 2 is 1.54 bits per heavy atom. The molecule has 1 aliphatic rings. The zero-order valence-corrected chi connectivity index (χ0v) is 20.9. The largest absolute Gasteiger partial charge is 0.456 e. The lowest BCUT2D eigenvalue weighted by atomic mass is 9.79. The summed E-state index contributed by atoms with van der Waals surface area (Å²) in [6.45, 7) is 2.14. The van der Waals surface area contributed by atoms with Crippen LogP contribution in [0.5, 0.6) is 5.75 Å². The second-order valence-electron chi connectivity index (χ2n) is 9.21. The zero-order chi connectivity index (χ0) is 24.9. The van der Waals surface area contributed by atoms with Gasteiger partial charge in [-0.25, -0.2) is 9.38 Å². The summed E-state index contributed by atoms with van der Waals surface area (Å²) in [5, 5.41) is 0. The van der Waals surface area contributed by atoms with Crippen molar-refractivity contribution in [1.82, 2.24) is 9.38 Å². The summed E-state index contributed by atoms with van der Waals surface area (Å²) >= 11 is 1.42. The highest BCUT2D eigenvalue weighted by Gasteiger charge is 2.31. The first kappa shape index (κ1) is 21.8. The van der Waals surface area contributed by atoms with Gasteiger partial charge in [-0.1, -0.05) is 96.3 Å². The van der Waals surface area contributed by atoms with Crippen LogP contribution in [-0.4, -0.2) is 9.38 Å². The second kappa shape index (κ2) is 8.57. The van der Waals surface area contributed by atoms with E-state index in [-0.39, 0.29) is 11.5 Å². The molecule has 1 atom stereocenters. The van der Waals surface area contributed by atoms with Crippen LogP contribution in [0.2, 0.25) is 0 Å². The minimum atomic E-state index is -0.0908. The Morgan fingerprint density at radius 3 is 2.38 bits per heavy atom. The highest BCUT2D eigenvalue weighted by molar-refractivity contribution is 7.15. The van der Waals surface area contributed by atoms with Crippen LogP contribution in [-0.2, 0) is 0 Å². The van der Waals surface area contributed by atoms with Crippen LogP contribution in [0.1, 0.15) is 28.2 Å². The summed E-state index contributed by atoms with van der Waals surface area (Å²) in [6.07, 6.45) is 2.02. The van der Waals surface area contributed by atoms with E-state index in [1.807, 2.05) is 66.7 Å². The van der Waals surface area contributed by atoms with Crippen LogP contribution in [0.4, 0.5) is 0 Å². The molecule has 0 N–H and O–H groups in total. The lowest BCUT2D eigenvalue weighted by molar-refractivity contribution is 0.488. The van der Waals surface area contributed by atoms with Crippen molar-refractivity contribution >= 4 is 39.2 Å². The molecule has 0 bridgehead atoms. The predicted molar refractivity (Wildman–Crippen MR) is 150 cm³/mol. The summed E-state index contributed by atoms with van der Waals surface area (Å²) in [4.78, 5) is 19.1. The van der Waals surface area contributed by atoms with Crippen LogP contribution in [0.15, 0.2) is 113 Å². The van der Waals surface area contributed by atoms with E-state index in [4.69, 9.17) is 9.72 Å². The molecule has 6 aromatic rings. The average Bonchev–Trinajstić information content (AvgIpc) is 3.45. The summed E-state index contributed by atoms with van der Waals surface area (Å²) in [5.41, 5.74) is 7.00. The number of allylic oxidation sites excluding steroid dienone is 1. The Labute approximate surface area is 217 Å². The number of para-hydroxylation sites is 3. The van der Waals surface area contributed by atoms with Gasteiger partial charge in [-0.3, -0.25) is 4.79 Å². The topological polar surface area (TPSA) is 43.6 Å². The fraction of sp³-hybridized carbons (Fsp3) is 0.0625. The third kappa shape index (κ3) is 3.51. The van der Waals surface area contributed by atoms with Crippen molar-refractivity contribution in [2.24, 2.45) is 0 Å². The fourth-order valence-electron chi connectivity index (χ4n) is 5.24. The first-order valence-corrected chi connectivity index (χ1v) is 13.0. The van der Waals surface area contributed by atoms with E-state index in [1.165, 1.54) is 22.5 Å². The van der Waals surface area contributed by atoms with Crippen molar-refractivity contribution in [3.05, 3.63) is 146 Å². The lowest BCUT2D eigenvalue weighted by Crippen LogP contribution is -2.25. The molecule has 1 aliphatic heterocycles. The monoisotopic (exact) mass is 498 g/mol. The van der Waals surface area contributed by atoms with Crippen LogP contribution in [0.3, 0.4) is 0 Å². The van der Waals surface area contributed by atoms with Gasteiger partial charge in [0.25, 0.3) is 5.56 Å². The van der Waals surface area contributed by atoms with Crippen molar-refractivity contribution in [2.75, 3.05) is 0 Å². The van der Waals surface area contributed by atoms with E-state index in [2.05, 4.69) is 49.4 Å². The predicted octanol–water partition coefficient (Wildman–Crippen LogP) is 6.35. The van der Waals surface area contributed by atoms with E-state index in [9.17, 15) is 4.79 Å². The van der Waals surface area contributed by atoms with Crippen molar-refractivity contribution in [3.8, 4) is 5.75 Å². The number of aryl methyl sites for hydroxylation is 1. The molecule has 0 spiro atoms. The minimum Gasteiger partial charge on any atom is -0.456 e. The minimum absolute atomic E-state index is 0.0593. The number of ether oxygens (including phenoxy) is 1. The molecule has 4 aromatic carbocycles. The first-order chi connectivity index (χ1) is 18.2. The number of nitrogens with zero attached hydrogens (tertiary/aromatic N) is 2. The SMILES string of the molecule is Cc1ccccc1[C@H]1C(/C=c2/sc3nc4ccccc4n3c2=O)=C(c2ccccc2)Oc2ccccc21. The van der Waals surface area contributed by atoms with Gasteiger partial charge in [0.05, 0.1) is 15.6 Å². The van der Waals surface area contributed by atoms with Gasteiger partial charge in [-0.05, 0) is 42.3 Å². The number of hydrogen-bond acceptors (Lipinski definition) is 4. The molecule has 0 saturated carbocycles. The third-order valence-electron chi connectivity index (χ3n) is 6.98. The molecular formula is C32H22N2O2S. The van der Waals surface area contributed by atoms with Crippen molar-refractivity contribution in [1.29, 1.82) is 0 Å². The number of thiazole rings is 1. The number of hydrogen-bond donors (Lipinski definition) is 0. The summed E-state index contributed by atoms with van der Waals surface area (Å²) in [5.74, 6) is 1.51. The molecule has 0 aliphatic carbocycles. The smallest absolute Gasteiger partial charge is 0.274 e. The average molecular weight is 499 g/mol. The van der Waals surface area contributed by atoms with Gasteiger partial charge in [0.15, 0.2) is 4.96 Å². The van der Waals surface area contributed by atoms with Gasteiger partial charge in [0, 0.05) is 22.6 Å². The van der Waals surface area contributed by atoms with Gasteiger partial charge < -0.3 is 4.74 Å². The molecule has 3 heterocycles. The van der Waals surface area contributed by atoms with E-state index in [0.29, 0.717) is 9.49 Å². The maximum Gasteiger partial charge on any atom is 0.274 e. The van der Waals surface area contributed by atoms with Gasteiger partial charge in [-0.15, -0.1) is 0 Å². The molecule has 7 rings (SSSR count). The second-order valence-corrected chi connectivity index (χ2v) is 10.2. The van der Waals surface area contributed by atoms with Gasteiger partial charge in [0.1, 0.15) is 11.5 Å². The van der Waals surface area contributed by atoms with Crippen molar-refractivity contribution in [3.63, 3.8) is 0 Å². The van der Waals surface area contributed by atoms with Crippen LogP contribution < -0.4 is 14.8 Å². The molecule has 2 aromatic heterocycles. The van der Waals surface area contributed by atoms with E-state index >= 15 is 0 Å². The van der Waals surface area contributed by atoms with Gasteiger partial charge >= 0.3 is 0 Å². The number of rotatable bonds is 3. The normalized spacial score (nSPS) is 15.8. The maximum atomic E-state index is 13.7. The molecule has 4 nitrogen and oxygen atoms in total. The fourth-order valence-corrected chi connectivity index (χ4v) is 6.22. The Morgan fingerprint density at radius 1 is 0.838 bits per heavy atom. The van der Waals surface area contributed by atoms with Crippen LogP contribution in [0.25, 0.3) is 27.8 Å². The Hall–Kier alpha value is -4.48. The Kier molecular flexibility index (Phi) is 5.05. The number of benzene rings is 4. The third-order valence-corrected chi connectivity index (χ3v) is 7.95. The summed E-state index contributed by atoms with van der Waals surface area (Å²) < 4.78 is 8.94. The van der Waals surface area contributed by atoms with E-state index < -0.39 is 0 Å². The molecule has 0 fully saturated rings. The quantitative estimate of drug-likeness (QED) is 0.285. The van der Waals surface area contributed by atoms with Gasteiger partial charge in [-0.2, -0.15) is 0 Å². The molecule has 0 radical (unpaired) electrons. The highest BCUT2D eigenvalue weighted by atomic mass is 32.1. The molecular weight excluding hydrogens is 476 g/mol. The molecule has 0 saturated heterocycles. The van der Waals surface area contributed by atoms with Gasteiger partial charge in [0.2, 0.25) is 0 Å².